The Bertz CT molecular complexity index is 821. The average Bonchev–Trinajstić information content (AvgIpc) is 2.66. The maximum absolute atomic E-state index is 12.4. The van der Waals surface area contributed by atoms with Crippen molar-refractivity contribution in [2.45, 2.75) is 20.8 Å². The van der Waals surface area contributed by atoms with E-state index in [4.69, 9.17) is 4.74 Å². The highest BCUT2D eigenvalue weighted by Crippen LogP contribution is 2.15. The lowest BCUT2D eigenvalue weighted by Crippen LogP contribution is -2.34. The average molecular weight is 398 g/mol. The molecule has 0 saturated heterocycles. The predicted octanol–water partition coefficient (Wildman–Crippen LogP) is 3.33. The van der Waals surface area contributed by atoms with Crippen molar-refractivity contribution in [1.82, 2.24) is 10.2 Å². The maximum atomic E-state index is 12.4. The molecule has 29 heavy (non-hydrogen) atoms. The highest BCUT2D eigenvalue weighted by atomic mass is 16.5. The fourth-order valence-electron chi connectivity index (χ4n) is 2.72. The molecule has 0 aliphatic carbocycles. The summed E-state index contributed by atoms with van der Waals surface area (Å²) in [6.07, 6.45) is 0. The molecule has 2 N–H and O–H groups in total. The molecule has 0 unspecified atom stereocenters. The van der Waals surface area contributed by atoms with Crippen LogP contribution in [0.25, 0.3) is 0 Å². The van der Waals surface area contributed by atoms with Gasteiger partial charge in [-0.05, 0) is 49.7 Å². The summed E-state index contributed by atoms with van der Waals surface area (Å²) in [7, 11) is 1.86. The Morgan fingerprint density at radius 1 is 1.10 bits per heavy atom. The highest BCUT2D eigenvalue weighted by Gasteiger charge is 2.14. The quantitative estimate of drug-likeness (QED) is 0.645. The van der Waals surface area contributed by atoms with E-state index in [2.05, 4.69) is 10.6 Å². The summed E-state index contributed by atoms with van der Waals surface area (Å²) in [5.41, 5.74) is 2.13. The van der Waals surface area contributed by atoms with Crippen molar-refractivity contribution in [3.63, 3.8) is 0 Å². The summed E-state index contributed by atoms with van der Waals surface area (Å²) in [5.74, 6) is 0.822. The Kier molecular flexibility index (Phi) is 8.68. The van der Waals surface area contributed by atoms with Crippen LogP contribution in [0.5, 0.6) is 5.75 Å². The second-order valence-corrected chi connectivity index (χ2v) is 7.60. The van der Waals surface area contributed by atoms with Crippen molar-refractivity contribution in [1.29, 1.82) is 0 Å². The molecule has 2 aromatic rings. The van der Waals surface area contributed by atoms with Crippen LogP contribution < -0.4 is 15.4 Å². The molecule has 2 rings (SSSR count). The van der Waals surface area contributed by atoms with Crippen LogP contribution in [0.4, 0.5) is 5.69 Å². The number of nitrogens with zero attached hydrogens (tertiary/aromatic N) is 1. The second kappa shape index (κ2) is 11.2. The molecule has 0 radical (unpaired) electrons. The molecule has 0 saturated carbocycles. The van der Waals surface area contributed by atoms with E-state index in [1.165, 1.54) is 0 Å². The van der Waals surface area contributed by atoms with Gasteiger partial charge in [-0.25, -0.2) is 0 Å². The van der Waals surface area contributed by atoms with E-state index in [0.717, 1.165) is 11.3 Å². The first-order chi connectivity index (χ1) is 13.8. The summed E-state index contributed by atoms with van der Waals surface area (Å²) in [6, 6.07) is 14.9. The Morgan fingerprint density at radius 2 is 1.86 bits per heavy atom. The monoisotopic (exact) mass is 397 g/mol. The number of ether oxygens (including phenoxy) is 1. The molecule has 156 valence electrons. The zero-order valence-corrected chi connectivity index (χ0v) is 17.7. The van der Waals surface area contributed by atoms with Gasteiger partial charge in [0.15, 0.2) is 0 Å². The number of hydrogen-bond donors (Lipinski definition) is 2. The molecule has 2 amide bonds. The third kappa shape index (κ3) is 7.95. The van der Waals surface area contributed by atoms with Crippen molar-refractivity contribution in [2.75, 3.05) is 38.6 Å². The number of carbonyl (C=O) groups excluding carboxylic acids is 2. The van der Waals surface area contributed by atoms with Gasteiger partial charge in [0.1, 0.15) is 12.4 Å². The zero-order chi connectivity index (χ0) is 21.2. The van der Waals surface area contributed by atoms with E-state index < -0.39 is 0 Å². The number of benzene rings is 2. The first kappa shape index (κ1) is 22.4. The zero-order valence-electron chi connectivity index (χ0n) is 17.7. The fourth-order valence-corrected chi connectivity index (χ4v) is 2.72. The van der Waals surface area contributed by atoms with Gasteiger partial charge >= 0.3 is 0 Å². The molecule has 0 aliphatic heterocycles. The molecule has 6 heteroatoms. The number of aryl methyl sites for hydroxylation is 1. The van der Waals surface area contributed by atoms with Crippen LogP contribution in [0.2, 0.25) is 0 Å². The Hall–Kier alpha value is -2.86. The third-order valence-corrected chi connectivity index (χ3v) is 4.26. The van der Waals surface area contributed by atoms with Crippen LogP contribution in [-0.2, 0) is 4.79 Å². The van der Waals surface area contributed by atoms with Crippen molar-refractivity contribution in [2.24, 2.45) is 5.92 Å². The minimum Gasteiger partial charge on any atom is -0.492 e. The van der Waals surface area contributed by atoms with E-state index in [1.54, 1.807) is 24.3 Å². The molecule has 0 heterocycles. The molecule has 0 aromatic heterocycles. The molecule has 0 aliphatic rings. The number of anilines is 1. The molecule has 0 spiro atoms. The van der Waals surface area contributed by atoms with Crippen LogP contribution in [0.15, 0.2) is 48.5 Å². The lowest BCUT2D eigenvalue weighted by molar-refractivity contribution is -0.117. The number of para-hydroxylation sites is 1. The minimum absolute atomic E-state index is 0.174. The lowest BCUT2D eigenvalue weighted by Gasteiger charge is -2.18. The smallest absolute Gasteiger partial charge is 0.253 e. The standard InChI is InChI=1S/C23H31N3O3/c1-17(2)15-24-23(28)20-10-5-6-11-21(20)25-22(27)16-26(4)12-13-29-19-9-7-8-18(3)14-19/h5-11,14,17H,12-13,15-16H2,1-4H3,(H,24,28)(H,25,27). The van der Waals surface area contributed by atoms with Crippen LogP contribution in [0.1, 0.15) is 29.8 Å². The summed E-state index contributed by atoms with van der Waals surface area (Å²) in [6.45, 7) is 7.98. The van der Waals surface area contributed by atoms with Crippen LogP contribution >= 0.6 is 0 Å². The lowest BCUT2D eigenvalue weighted by atomic mass is 10.1. The van der Waals surface area contributed by atoms with Gasteiger partial charge in [0.05, 0.1) is 17.8 Å². The van der Waals surface area contributed by atoms with Gasteiger partial charge in [-0.3, -0.25) is 14.5 Å². The number of likely N-dealkylation sites (N-methyl/N-ethyl adjacent to an activating group) is 1. The molecular formula is C23H31N3O3. The predicted molar refractivity (Wildman–Crippen MR) is 116 cm³/mol. The molecule has 0 fully saturated rings. The molecule has 2 aromatic carbocycles. The summed E-state index contributed by atoms with van der Waals surface area (Å²) >= 11 is 0. The molecule has 0 bridgehead atoms. The largest absolute Gasteiger partial charge is 0.492 e. The maximum Gasteiger partial charge on any atom is 0.253 e. The first-order valence-corrected chi connectivity index (χ1v) is 9.90. The van der Waals surface area contributed by atoms with Crippen LogP contribution in [-0.4, -0.2) is 50.0 Å². The summed E-state index contributed by atoms with van der Waals surface area (Å²) < 4.78 is 5.73. The number of rotatable bonds is 10. The molecule has 0 atom stereocenters. The van der Waals surface area contributed by atoms with Gasteiger partial charge in [0.25, 0.3) is 5.91 Å². The topological polar surface area (TPSA) is 70.7 Å². The Balaban J connectivity index is 1.83. The van der Waals surface area contributed by atoms with Crippen molar-refractivity contribution in [3.8, 4) is 5.75 Å². The Labute approximate surface area is 173 Å². The van der Waals surface area contributed by atoms with Gasteiger partial charge in [0, 0.05) is 13.1 Å². The molecule has 6 nitrogen and oxygen atoms in total. The highest BCUT2D eigenvalue weighted by molar-refractivity contribution is 6.04. The van der Waals surface area contributed by atoms with E-state index in [0.29, 0.717) is 36.9 Å². The van der Waals surface area contributed by atoms with Crippen molar-refractivity contribution in [3.05, 3.63) is 59.7 Å². The van der Waals surface area contributed by atoms with E-state index in [1.807, 2.05) is 57.0 Å². The van der Waals surface area contributed by atoms with Crippen molar-refractivity contribution >= 4 is 17.5 Å². The number of amides is 2. The number of carbonyl (C=O) groups is 2. The van der Waals surface area contributed by atoms with Gasteiger partial charge in [-0.1, -0.05) is 38.1 Å². The second-order valence-electron chi connectivity index (χ2n) is 7.60. The Morgan fingerprint density at radius 3 is 2.59 bits per heavy atom. The van der Waals surface area contributed by atoms with Crippen molar-refractivity contribution < 1.29 is 14.3 Å². The molecular weight excluding hydrogens is 366 g/mol. The van der Waals surface area contributed by atoms with E-state index >= 15 is 0 Å². The van der Waals surface area contributed by atoms with E-state index in [9.17, 15) is 9.59 Å². The van der Waals surface area contributed by atoms with Crippen LogP contribution in [0.3, 0.4) is 0 Å². The number of hydrogen-bond acceptors (Lipinski definition) is 4. The number of nitrogens with one attached hydrogen (secondary N) is 2. The van der Waals surface area contributed by atoms with E-state index in [-0.39, 0.29) is 18.4 Å². The van der Waals surface area contributed by atoms with Gasteiger partial charge in [-0.2, -0.15) is 0 Å². The normalized spacial score (nSPS) is 10.8. The van der Waals surface area contributed by atoms with Gasteiger partial charge in [0.2, 0.25) is 5.91 Å². The van der Waals surface area contributed by atoms with Crippen LogP contribution in [0, 0.1) is 12.8 Å². The SMILES string of the molecule is Cc1cccc(OCCN(C)CC(=O)Nc2ccccc2C(=O)NCC(C)C)c1. The first-order valence-electron chi connectivity index (χ1n) is 9.90. The summed E-state index contributed by atoms with van der Waals surface area (Å²) in [4.78, 5) is 26.7. The summed E-state index contributed by atoms with van der Waals surface area (Å²) in [5, 5.41) is 5.73. The minimum atomic E-state index is -0.186. The van der Waals surface area contributed by atoms with Gasteiger partial charge < -0.3 is 15.4 Å². The van der Waals surface area contributed by atoms with Gasteiger partial charge in [-0.15, -0.1) is 0 Å². The third-order valence-electron chi connectivity index (χ3n) is 4.26. The fraction of sp³-hybridized carbons (Fsp3) is 0.391.